The lowest BCUT2D eigenvalue weighted by Crippen LogP contribution is -2.16. The van der Waals surface area contributed by atoms with Gasteiger partial charge in [0.1, 0.15) is 6.10 Å². The molecule has 1 aromatic heterocycles. The van der Waals surface area contributed by atoms with Gasteiger partial charge >= 0.3 is 5.97 Å². The van der Waals surface area contributed by atoms with E-state index < -0.39 is 5.97 Å². The summed E-state index contributed by atoms with van der Waals surface area (Å²) in [5, 5.41) is 0. The Labute approximate surface area is 95.3 Å². The van der Waals surface area contributed by atoms with Crippen LogP contribution in [0.2, 0.25) is 0 Å². The second-order valence-electron chi connectivity index (χ2n) is 2.77. The molecule has 0 spiro atoms. The van der Waals surface area contributed by atoms with Gasteiger partial charge in [-0.2, -0.15) is 11.8 Å². The monoisotopic (exact) mass is 278 g/mol. The highest BCUT2D eigenvalue weighted by Crippen LogP contribution is 2.19. The van der Waals surface area contributed by atoms with E-state index in [9.17, 15) is 4.79 Å². The molecule has 3 nitrogen and oxygen atoms in total. The predicted molar refractivity (Wildman–Crippen MR) is 59.7 cm³/mol. The summed E-state index contributed by atoms with van der Waals surface area (Å²) in [7, 11) is 0. The summed E-state index contributed by atoms with van der Waals surface area (Å²) in [6.45, 7) is 1.85. The normalized spacial score (nSPS) is 12.5. The molecular formula is C9H11BrO3S. The van der Waals surface area contributed by atoms with Crippen LogP contribution in [0.5, 0.6) is 0 Å². The predicted octanol–water partition coefficient (Wildman–Crippen LogP) is 2.95. The van der Waals surface area contributed by atoms with Crippen molar-refractivity contribution in [1.82, 2.24) is 0 Å². The molecule has 0 N–H and O–H groups in total. The minimum atomic E-state index is -0.427. The molecule has 0 saturated carbocycles. The van der Waals surface area contributed by atoms with E-state index in [4.69, 9.17) is 9.15 Å². The first-order valence-corrected chi connectivity index (χ1v) is 6.26. The maximum absolute atomic E-state index is 11.5. The summed E-state index contributed by atoms with van der Waals surface area (Å²) in [4.78, 5) is 11.5. The highest BCUT2D eigenvalue weighted by Gasteiger charge is 2.17. The van der Waals surface area contributed by atoms with Crippen LogP contribution in [-0.2, 0) is 4.74 Å². The van der Waals surface area contributed by atoms with Crippen molar-refractivity contribution >= 4 is 33.7 Å². The molecule has 0 amide bonds. The van der Waals surface area contributed by atoms with Crippen molar-refractivity contribution in [2.75, 3.05) is 12.0 Å². The molecule has 78 valence electrons. The number of esters is 1. The molecular weight excluding hydrogens is 268 g/mol. The summed E-state index contributed by atoms with van der Waals surface area (Å²) in [6.07, 6.45) is 3.31. The van der Waals surface area contributed by atoms with Crippen LogP contribution in [0.15, 0.2) is 21.2 Å². The van der Waals surface area contributed by atoms with Crippen LogP contribution in [0.25, 0.3) is 0 Å². The molecule has 14 heavy (non-hydrogen) atoms. The third-order valence-electron chi connectivity index (χ3n) is 1.51. The van der Waals surface area contributed by atoms with Crippen LogP contribution in [0, 0.1) is 0 Å². The molecule has 0 aliphatic rings. The van der Waals surface area contributed by atoms with E-state index in [0.717, 1.165) is 5.75 Å². The maximum atomic E-state index is 11.5. The number of furan rings is 1. The fourth-order valence-corrected chi connectivity index (χ4v) is 1.85. The molecule has 0 radical (unpaired) electrons. The molecule has 1 heterocycles. The maximum Gasteiger partial charge on any atom is 0.375 e. The number of ether oxygens (including phenoxy) is 1. The Hall–Kier alpha value is -0.420. The van der Waals surface area contributed by atoms with Gasteiger partial charge in [-0.1, -0.05) is 0 Å². The molecule has 0 aromatic carbocycles. The van der Waals surface area contributed by atoms with Gasteiger partial charge in [-0.05, 0) is 35.2 Å². The molecule has 0 aliphatic heterocycles. The number of hydrogen-bond acceptors (Lipinski definition) is 4. The number of carbonyl (C=O) groups is 1. The number of rotatable bonds is 4. The Balaban J connectivity index is 2.55. The van der Waals surface area contributed by atoms with E-state index >= 15 is 0 Å². The smallest absolute Gasteiger partial charge is 0.375 e. The third kappa shape index (κ3) is 3.06. The second kappa shape index (κ2) is 5.46. The van der Waals surface area contributed by atoms with Gasteiger partial charge in [0.2, 0.25) is 5.76 Å². The van der Waals surface area contributed by atoms with E-state index in [0.29, 0.717) is 4.47 Å². The minimum Gasteiger partial charge on any atom is -0.456 e. The van der Waals surface area contributed by atoms with Crippen molar-refractivity contribution < 1.29 is 13.9 Å². The van der Waals surface area contributed by atoms with Gasteiger partial charge in [0.25, 0.3) is 0 Å². The van der Waals surface area contributed by atoms with Gasteiger partial charge < -0.3 is 9.15 Å². The Morgan fingerprint density at radius 2 is 2.50 bits per heavy atom. The number of thioether (sulfide) groups is 1. The van der Waals surface area contributed by atoms with Gasteiger partial charge in [-0.3, -0.25) is 0 Å². The van der Waals surface area contributed by atoms with Crippen LogP contribution in [-0.4, -0.2) is 24.1 Å². The van der Waals surface area contributed by atoms with Crippen molar-refractivity contribution in [3.8, 4) is 0 Å². The SMILES string of the molecule is CSCC(C)OC(=O)c1occc1Br. The second-order valence-corrected chi connectivity index (χ2v) is 4.53. The average molecular weight is 279 g/mol. The van der Waals surface area contributed by atoms with Crippen LogP contribution < -0.4 is 0 Å². The first kappa shape index (κ1) is 11.7. The first-order valence-electron chi connectivity index (χ1n) is 4.08. The van der Waals surface area contributed by atoms with Crippen LogP contribution >= 0.6 is 27.7 Å². The lowest BCUT2D eigenvalue weighted by molar-refractivity contribution is 0.0348. The molecule has 1 atom stereocenters. The first-order chi connectivity index (χ1) is 6.65. The highest BCUT2D eigenvalue weighted by atomic mass is 79.9. The number of carbonyl (C=O) groups excluding carboxylic acids is 1. The summed E-state index contributed by atoms with van der Waals surface area (Å²) >= 11 is 4.83. The Morgan fingerprint density at radius 1 is 1.79 bits per heavy atom. The Kier molecular flexibility index (Phi) is 4.54. The van der Waals surface area contributed by atoms with Gasteiger partial charge in [-0.15, -0.1) is 0 Å². The van der Waals surface area contributed by atoms with Crippen molar-refractivity contribution in [2.45, 2.75) is 13.0 Å². The van der Waals surface area contributed by atoms with Crippen molar-refractivity contribution in [3.63, 3.8) is 0 Å². The quantitative estimate of drug-likeness (QED) is 0.794. The standard InChI is InChI=1S/C9H11BrO3S/c1-6(5-14-2)13-9(11)8-7(10)3-4-12-8/h3-4,6H,5H2,1-2H3. The molecule has 5 heteroatoms. The third-order valence-corrected chi connectivity index (χ3v) is 2.94. The lowest BCUT2D eigenvalue weighted by atomic mass is 10.4. The van der Waals surface area contributed by atoms with E-state index in [1.54, 1.807) is 17.8 Å². The van der Waals surface area contributed by atoms with Crippen LogP contribution in [0.4, 0.5) is 0 Å². The van der Waals surface area contributed by atoms with E-state index in [1.165, 1.54) is 6.26 Å². The number of hydrogen-bond donors (Lipinski definition) is 0. The number of halogens is 1. The van der Waals surface area contributed by atoms with Gasteiger partial charge in [-0.25, -0.2) is 4.79 Å². The summed E-state index contributed by atoms with van der Waals surface area (Å²) < 4.78 is 10.7. The largest absolute Gasteiger partial charge is 0.456 e. The van der Waals surface area contributed by atoms with Crippen LogP contribution in [0.1, 0.15) is 17.5 Å². The molecule has 0 saturated heterocycles. The molecule has 0 bridgehead atoms. The summed E-state index contributed by atoms with van der Waals surface area (Å²) in [6, 6.07) is 1.66. The van der Waals surface area contributed by atoms with Gasteiger partial charge in [0.05, 0.1) is 10.7 Å². The highest BCUT2D eigenvalue weighted by molar-refractivity contribution is 9.10. The fourth-order valence-electron chi connectivity index (χ4n) is 0.944. The molecule has 1 rings (SSSR count). The van der Waals surface area contributed by atoms with Crippen LogP contribution in [0.3, 0.4) is 0 Å². The van der Waals surface area contributed by atoms with Crippen molar-refractivity contribution in [3.05, 3.63) is 22.6 Å². The van der Waals surface area contributed by atoms with Gasteiger partial charge in [0.15, 0.2) is 0 Å². The Bertz CT molecular complexity index is 311. The summed E-state index contributed by atoms with van der Waals surface area (Å²) in [5.41, 5.74) is 0. The molecule has 0 fully saturated rings. The van der Waals surface area contributed by atoms with Crippen molar-refractivity contribution in [2.24, 2.45) is 0 Å². The van der Waals surface area contributed by atoms with E-state index in [2.05, 4.69) is 15.9 Å². The summed E-state index contributed by atoms with van der Waals surface area (Å²) in [5.74, 6) is 0.575. The van der Waals surface area contributed by atoms with Crippen molar-refractivity contribution in [1.29, 1.82) is 0 Å². The molecule has 0 aliphatic carbocycles. The minimum absolute atomic E-state index is 0.102. The zero-order valence-electron chi connectivity index (χ0n) is 7.95. The lowest BCUT2D eigenvalue weighted by Gasteiger charge is -2.10. The molecule has 1 unspecified atom stereocenters. The topological polar surface area (TPSA) is 39.4 Å². The van der Waals surface area contributed by atoms with Gasteiger partial charge in [0, 0.05) is 5.75 Å². The molecule has 1 aromatic rings. The van der Waals surface area contributed by atoms with E-state index in [-0.39, 0.29) is 11.9 Å². The van der Waals surface area contributed by atoms with E-state index in [1.807, 2.05) is 13.2 Å². The Morgan fingerprint density at radius 3 is 3.00 bits per heavy atom. The zero-order chi connectivity index (χ0) is 10.6. The zero-order valence-corrected chi connectivity index (χ0v) is 10.4. The average Bonchev–Trinajstić information content (AvgIpc) is 2.51. The fraction of sp³-hybridized carbons (Fsp3) is 0.444.